The minimum atomic E-state index is -0.324. The molecular formula is C10H10FN3. The minimum absolute atomic E-state index is 0.324. The molecule has 0 saturated heterocycles. The maximum atomic E-state index is 12.8. The monoisotopic (exact) mass is 191 g/mol. The van der Waals surface area contributed by atoms with E-state index in [-0.39, 0.29) is 5.82 Å². The van der Waals surface area contributed by atoms with E-state index in [2.05, 4.69) is 5.10 Å². The van der Waals surface area contributed by atoms with Crippen LogP contribution in [-0.4, -0.2) is 9.78 Å². The van der Waals surface area contributed by atoms with Gasteiger partial charge in [-0.05, 0) is 18.2 Å². The Morgan fingerprint density at radius 3 is 2.79 bits per heavy atom. The average Bonchev–Trinajstić information content (AvgIpc) is 2.51. The highest BCUT2D eigenvalue weighted by Crippen LogP contribution is 2.25. The predicted molar refractivity (Wildman–Crippen MR) is 53.0 cm³/mol. The Labute approximate surface area is 81.0 Å². The summed E-state index contributed by atoms with van der Waals surface area (Å²) >= 11 is 0. The number of anilines is 1. The van der Waals surface area contributed by atoms with E-state index in [0.717, 1.165) is 11.1 Å². The van der Waals surface area contributed by atoms with E-state index < -0.39 is 0 Å². The summed E-state index contributed by atoms with van der Waals surface area (Å²) in [5, 5.41) is 4.02. The topological polar surface area (TPSA) is 43.8 Å². The number of nitrogens with two attached hydrogens (primary N) is 1. The van der Waals surface area contributed by atoms with Gasteiger partial charge in [0, 0.05) is 30.1 Å². The molecule has 0 amide bonds. The molecule has 0 saturated carbocycles. The lowest BCUT2D eigenvalue weighted by Crippen LogP contribution is -1.90. The molecule has 2 aromatic rings. The molecule has 0 unspecified atom stereocenters. The van der Waals surface area contributed by atoms with E-state index in [1.807, 2.05) is 13.2 Å². The zero-order chi connectivity index (χ0) is 10.1. The normalized spacial score (nSPS) is 10.4. The van der Waals surface area contributed by atoms with Gasteiger partial charge in [0.25, 0.3) is 0 Å². The summed E-state index contributed by atoms with van der Waals surface area (Å²) in [6, 6.07) is 4.35. The number of aryl methyl sites for hydroxylation is 1. The number of nitrogen functional groups attached to an aromatic ring is 1. The van der Waals surface area contributed by atoms with Crippen molar-refractivity contribution in [3.05, 3.63) is 36.4 Å². The zero-order valence-electron chi connectivity index (χ0n) is 7.74. The van der Waals surface area contributed by atoms with Crippen LogP contribution in [0.4, 0.5) is 10.1 Å². The van der Waals surface area contributed by atoms with Crippen LogP contribution in [0.1, 0.15) is 0 Å². The molecule has 4 heteroatoms. The Hall–Kier alpha value is -1.84. The molecule has 2 N–H and O–H groups in total. The highest BCUT2D eigenvalue weighted by Gasteiger charge is 2.04. The number of benzene rings is 1. The maximum Gasteiger partial charge on any atom is 0.125 e. The molecule has 14 heavy (non-hydrogen) atoms. The summed E-state index contributed by atoms with van der Waals surface area (Å²) in [6.45, 7) is 0. The van der Waals surface area contributed by atoms with E-state index in [4.69, 9.17) is 5.73 Å². The van der Waals surface area contributed by atoms with Crippen LogP contribution in [0.15, 0.2) is 30.6 Å². The van der Waals surface area contributed by atoms with Gasteiger partial charge >= 0.3 is 0 Å². The smallest absolute Gasteiger partial charge is 0.125 e. The second-order valence-corrected chi connectivity index (χ2v) is 3.13. The molecule has 1 aromatic heterocycles. The van der Waals surface area contributed by atoms with E-state index in [1.165, 1.54) is 12.1 Å². The van der Waals surface area contributed by atoms with Crippen molar-refractivity contribution in [1.82, 2.24) is 9.78 Å². The summed E-state index contributed by atoms with van der Waals surface area (Å²) in [7, 11) is 1.82. The fraction of sp³-hybridized carbons (Fsp3) is 0.100. The summed E-state index contributed by atoms with van der Waals surface area (Å²) < 4.78 is 14.4. The van der Waals surface area contributed by atoms with Gasteiger partial charge in [0.2, 0.25) is 0 Å². The summed E-state index contributed by atoms with van der Waals surface area (Å²) in [5.74, 6) is -0.324. The van der Waals surface area contributed by atoms with Crippen LogP contribution in [-0.2, 0) is 7.05 Å². The van der Waals surface area contributed by atoms with E-state index >= 15 is 0 Å². The lowest BCUT2D eigenvalue weighted by molar-refractivity contribution is 0.628. The predicted octanol–water partition coefficient (Wildman–Crippen LogP) is 1.81. The summed E-state index contributed by atoms with van der Waals surface area (Å²) in [4.78, 5) is 0. The van der Waals surface area contributed by atoms with Crippen molar-refractivity contribution < 1.29 is 4.39 Å². The van der Waals surface area contributed by atoms with Crippen LogP contribution in [0.3, 0.4) is 0 Å². The molecule has 0 fully saturated rings. The highest BCUT2D eigenvalue weighted by atomic mass is 19.1. The fourth-order valence-corrected chi connectivity index (χ4v) is 1.36. The van der Waals surface area contributed by atoms with E-state index in [1.54, 1.807) is 16.9 Å². The van der Waals surface area contributed by atoms with Crippen LogP contribution in [0.25, 0.3) is 11.1 Å². The van der Waals surface area contributed by atoms with Crippen molar-refractivity contribution in [2.24, 2.45) is 7.05 Å². The molecule has 3 nitrogen and oxygen atoms in total. The van der Waals surface area contributed by atoms with Crippen molar-refractivity contribution in [2.75, 3.05) is 5.73 Å². The maximum absolute atomic E-state index is 12.8. The highest BCUT2D eigenvalue weighted by molar-refractivity contribution is 5.75. The average molecular weight is 191 g/mol. The third-order valence-electron chi connectivity index (χ3n) is 2.03. The van der Waals surface area contributed by atoms with Gasteiger partial charge in [-0.3, -0.25) is 4.68 Å². The standard InChI is InChI=1S/C10H10FN3/c1-14-6-7(5-13-14)9-3-2-8(11)4-10(9)12/h2-6H,12H2,1H3. The molecule has 0 bridgehead atoms. The van der Waals surface area contributed by atoms with Crippen molar-refractivity contribution >= 4 is 5.69 Å². The Kier molecular flexibility index (Phi) is 1.96. The van der Waals surface area contributed by atoms with Crippen LogP contribution >= 0.6 is 0 Å². The second-order valence-electron chi connectivity index (χ2n) is 3.13. The third-order valence-corrected chi connectivity index (χ3v) is 2.03. The number of nitrogens with zero attached hydrogens (tertiary/aromatic N) is 2. The van der Waals surface area contributed by atoms with Gasteiger partial charge in [-0.1, -0.05) is 0 Å². The lowest BCUT2D eigenvalue weighted by Gasteiger charge is -2.01. The van der Waals surface area contributed by atoms with Crippen LogP contribution in [0.5, 0.6) is 0 Å². The summed E-state index contributed by atoms with van der Waals surface area (Å²) in [6.07, 6.45) is 3.53. The first kappa shape index (κ1) is 8.74. The molecule has 72 valence electrons. The molecule has 0 radical (unpaired) electrons. The number of halogens is 1. The molecule has 0 aliphatic heterocycles. The molecule has 0 aliphatic carbocycles. The first-order chi connectivity index (χ1) is 6.66. The second kappa shape index (κ2) is 3.14. The number of aromatic nitrogens is 2. The van der Waals surface area contributed by atoms with Gasteiger partial charge in [-0.25, -0.2) is 4.39 Å². The lowest BCUT2D eigenvalue weighted by atomic mass is 10.1. The first-order valence-electron chi connectivity index (χ1n) is 4.21. The Bertz CT molecular complexity index is 462. The molecule has 2 rings (SSSR count). The van der Waals surface area contributed by atoms with Crippen LogP contribution in [0.2, 0.25) is 0 Å². The molecule has 0 spiro atoms. The van der Waals surface area contributed by atoms with Crippen molar-refractivity contribution in [1.29, 1.82) is 0 Å². The zero-order valence-corrected chi connectivity index (χ0v) is 7.74. The molecule has 1 heterocycles. The van der Waals surface area contributed by atoms with Gasteiger partial charge in [0.05, 0.1) is 6.20 Å². The van der Waals surface area contributed by atoms with E-state index in [9.17, 15) is 4.39 Å². The van der Waals surface area contributed by atoms with Gasteiger partial charge in [-0.2, -0.15) is 5.10 Å². The fourth-order valence-electron chi connectivity index (χ4n) is 1.36. The number of hydrogen-bond donors (Lipinski definition) is 1. The molecular weight excluding hydrogens is 181 g/mol. The van der Waals surface area contributed by atoms with Gasteiger partial charge in [0.15, 0.2) is 0 Å². The van der Waals surface area contributed by atoms with Gasteiger partial charge in [-0.15, -0.1) is 0 Å². The molecule has 0 atom stereocenters. The quantitative estimate of drug-likeness (QED) is 0.698. The Balaban J connectivity index is 2.52. The van der Waals surface area contributed by atoms with Crippen molar-refractivity contribution in [3.8, 4) is 11.1 Å². The van der Waals surface area contributed by atoms with E-state index in [0.29, 0.717) is 5.69 Å². The number of rotatable bonds is 1. The van der Waals surface area contributed by atoms with Crippen LogP contribution in [0, 0.1) is 5.82 Å². The molecule has 0 aliphatic rings. The van der Waals surface area contributed by atoms with Crippen molar-refractivity contribution in [3.63, 3.8) is 0 Å². The SMILES string of the molecule is Cn1cc(-c2ccc(F)cc2N)cn1. The molecule has 1 aromatic carbocycles. The van der Waals surface area contributed by atoms with Crippen molar-refractivity contribution in [2.45, 2.75) is 0 Å². The van der Waals surface area contributed by atoms with Gasteiger partial charge < -0.3 is 5.73 Å². The van der Waals surface area contributed by atoms with Crippen LogP contribution < -0.4 is 5.73 Å². The van der Waals surface area contributed by atoms with Gasteiger partial charge in [0.1, 0.15) is 5.82 Å². The largest absolute Gasteiger partial charge is 0.398 e. The minimum Gasteiger partial charge on any atom is -0.398 e. The summed E-state index contributed by atoms with van der Waals surface area (Å²) in [5.41, 5.74) is 7.81. The number of hydrogen-bond acceptors (Lipinski definition) is 2. The third kappa shape index (κ3) is 1.46. The first-order valence-corrected chi connectivity index (χ1v) is 4.21. The Morgan fingerprint density at radius 1 is 1.43 bits per heavy atom. The Morgan fingerprint density at radius 2 is 2.21 bits per heavy atom.